The van der Waals surface area contributed by atoms with Crippen LogP contribution in [0.1, 0.15) is 0 Å². The predicted molar refractivity (Wildman–Crippen MR) is 83.7 cm³/mol. The molecule has 0 amide bonds. The second kappa shape index (κ2) is 4.81. The van der Waals surface area contributed by atoms with E-state index in [0.29, 0.717) is 5.82 Å². The van der Waals surface area contributed by atoms with Crippen LogP contribution in [0.3, 0.4) is 0 Å². The Hall–Kier alpha value is -2.62. The Morgan fingerprint density at radius 2 is 1.60 bits per heavy atom. The molecule has 100 valence electrons. The molecular weight excluding hydrogens is 248 g/mol. The number of hydrogen-bond donors (Lipinski definition) is 1. The normalized spacial score (nSPS) is 10.7. The van der Waals surface area contributed by atoms with Gasteiger partial charge < -0.3 is 10.6 Å². The van der Waals surface area contributed by atoms with Crippen molar-refractivity contribution < 1.29 is 0 Å². The Labute approximate surface area is 117 Å². The molecular formula is C16H16N4. The van der Waals surface area contributed by atoms with Gasteiger partial charge in [0, 0.05) is 19.8 Å². The van der Waals surface area contributed by atoms with Gasteiger partial charge in [0.2, 0.25) is 0 Å². The van der Waals surface area contributed by atoms with Crippen molar-refractivity contribution in [2.45, 2.75) is 0 Å². The maximum Gasteiger partial charge on any atom is 0.142 e. The average molecular weight is 264 g/mol. The van der Waals surface area contributed by atoms with Crippen LogP contribution in [0.4, 0.5) is 11.5 Å². The molecule has 0 saturated heterocycles. The molecule has 0 atom stereocenters. The highest BCUT2D eigenvalue weighted by Gasteiger charge is 2.03. The predicted octanol–water partition coefficient (Wildman–Crippen LogP) is 2.95. The van der Waals surface area contributed by atoms with Crippen LogP contribution in [0, 0.1) is 0 Å². The van der Waals surface area contributed by atoms with Gasteiger partial charge in [-0.3, -0.25) is 4.98 Å². The molecule has 0 aliphatic heterocycles. The summed E-state index contributed by atoms with van der Waals surface area (Å²) in [6.45, 7) is 0. The molecule has 1 aromatic heterocycles. The molecule has 3 aromatic rings. The van der Waals surface area contributed by atoms with Gasteiger partial charge in [-0.05, 0) is 35.4 Å². The third-order valence-electron chi connectivity index (χ3n) is 3.28. The maximum atomic E-state index is 5.64. The Morgan fingerprint density at radius 3 is 2.30 bits per heavy atom. The fourth-order valence-corrected chi connectivity index (χ4v) is 2.16. The van der Waals surface area contributed by atoms with E-state index in [1.54, 1.807) is 6.20 Å². The van der Waals surface area contributed by atoms with Crippen molar-refractivity contribution in [3.63, 3.8) is 0 Å². The number of benzene rings is 2. The summed E-state index contributed by atoms with van der Waals surface area (Å²) in [5.41, 5.74) is 10.8. The Bertz CT molecular complexity index is 748. The van der Waals surface area contributed by atoms with Crippen molar-refractivity contribution in [1.82, 2.24) is 9.97 Å². The number of nitrogen functional groups attached to an aromatic ring is 1. The minimum absolute atomic E-state index is 0.445. The van der Waals surface area contributed by atoms with Crippen molar-refractivity contribution in [2.24, 2.45) is 0 Å². The fraction of sp³-hybridized carbons (Fsp3) is 0.125. The first-order valence-corrected chi connectivity index (χ1v) is 6.43. The highest BCUT2D eigenvalue weighted by molar-refractivity contribution is 5.82. The van der Waals surface area contributed by atoms with Crippen LogP contribution in [0.5, 0.6) is 0 Å². The molecule has 2 N–H and O–H groups in total. The first-order valence-electron chi connectivity index (χ1n) is 6.43. The molecule has 0 aliphatic rings. The van der Waals surface area contributed by atoms with Crippen LogP contribution >= 0.6 is 0 Å². The molecule has 0 bridgehead atoms. The van der Waals surface area contributed by atoms with E-state index < -0.39 is 0 Å². The Balaban J connectivity index is 2.03. The van der Waals surface area contributed by atoms with Gasteiger partial charge in [0.25, 0.3) is 0 Å². The lowest BCUT2D eigenvalue weighted by Crippen LogP contribution is -2.07. The zero-order valence-electron chi connectivity index (χ0n) is 11.5. The SMILES string of the molecule is CN(C)c1ccc(-c2ccc3nc(N)cnc3c2)cc1. The molecule has 4 nitrogen and oxygen atoms in total. The lowest BCUT2D eigenvalue weighted by molar-refractivity contribution is 1.13. The summed E-state index contributed by atoms with van der Waals surface area (Å²) in [5, 5.41) is 0. The zero-order chi connectivity index (χ0) is 14.1. The van der Waals surface area contributed by atoms with E-state index in [1.807, 2.05) is 32.3 Å². The quantitative estimate of drug-likeness (QED) is 0.773. The summed E-state index contributed by atoms with van der Waals surface area (Å²) in [6, 6.07) is 14.5. The van der Waals surface area contributed by atoms with Crippen molar-refractivity contribution >= 4 is 22.5 Å². The number of fused-ring (bicyclic) bond motifs is 1. The largest absolute Gasteiger partial charge is 0.382 e. The molecule has 20 heavy (non-hydrogen) atoms. The molecule has 3 rings (SSSR count). The highest BCUT2D eigenvalue weighted by atomic mass is 15.1. The zero-order valence-corrected chi connectivity index (χ0v) is 11.5. The Kier molecular flexibility index (Phi) is 2.99. The van der Waals surface area contributed by atoms with Gasteiger partial charge in [-0.2, -0.15) is 0 Å². The van der Waals surface area contributed by atoms with Crippen molar-refractivity contribution in [3.05, 3.63) is 48.7 Å². The molecule has 1 heterocycles. The van der Waals surface area contributed by atoms with Crippen molar-refractivity contribution in [1.29, 1.82) is 0 Å². The summed E-state index contributed by atoms with van der Waals surface area (Å²) in [5.74, 6) is 0.445. The number of nitrogens with two attached hydrogens (primary N) is 1. The molecule has 4 heteroatoms. The highest BCUT2D eigenvalue weighted by Crippen LogP contribution is 2.25. The van der Waals surface area contributed by atoms with Crippen LogP contribution < -0.4 is 10.6 Å². The molecule has 0 unspecified atom stereocenters. The van der Waals surface area contributed by atoms with Crippen LogP contribution in [-0.2, 0) is 0 Å². The topological polar surface area (TPSA) is 55.0 Å². The molecule has 0 radical (unpaired) electrons. The van der Waals surface area contributed by atoms with Crippen LogP contribution in [0.25, 0.3) is 22.2 Å². The number of aromatic nitrogens is 2. The second-order valence-electron chi connectivity index (χ2n) is 4.94. The third-order valence-corrected chi connectivity index (χ3v) is 3.28. The average Bonchev–Trinajstić information content (AvgIpc) is 2.47. The van der Waals surface area contributed by atoms with Gasteiger partial charge >= 0.3 is 0 Å². The van der Waals surface area contributed by atoms with Gasteiger partial charge in [-0.25, -0.2) is 4.98 Å². The third kappa shape index (κ3) is 2.28. The number of rotatable bonds is 2. The van der Waals surface area contributed by atoms with E-state index in [-0.39, 0.29) is 0 Å². The van der Waals surface area contributed by atoms with Crippen LogP contribution in [-0.4, -0.2) is 24.1 Å². The smallest absolute Gasteiger partial charge is 0.142 e. The summed E-state index contributed by atoms with van der Waals surface area (Å²) >= 11 is 0. The van der Waals surface area contributed by atoms with Crippen LogP contribution in [0.15, 0.2) is 48.7 Å². The molecule has 0 aliphatic carbocycles. The van der Waals surface area contributed by atoms with Gasteiger partial charge in [-0.15, -0.1) is 0 Å². The van der Waals surface area contributed by atoms with Gasteiger partial charge in [0.15, 0.2) is 0 Å². The van der Waals surface area contributed by atoms with Crippen LogP contribution in [0.2, 0.25) is 0 Å². The Morgan fingerprint density at radius 1 is 0.900 bits per heavy atom. The monoisotopic (exact) mass is 264 g/mol. The number of hydrogen-bond acceptors (Lipinski definition) is 4. The van der Waals surface area contributed by atoms with E-state index in [4.69, 9.17) is 5.73 Å². The molecule has 0 fully saturated rings. The first-order chi connectivity index (χ1) is 9.63. The lowest BCUT2D eigenvalue weighted by atomic mass is 10.0. The number of anilines is 2. The minimum Gasteiger partial charge on any atom is -0.382 e. The summed E-state index contributed by atoms with van der Waals surface area (Å²) in [4.78, 5) is 10.7. The van der Waals surface area contributed by atoms with Gasteiger partial charge in [0.1, 0.15) is 5.82 Å². The van der Waals surface area contributed by atoms with E-state index in [2.05, 4.69) is 39.1 Å². The summed E-state index contributed by atoms with van der Waals surface area (Å²) < 4.78 is 0. The molecule has 2 aromatic carbocycles. The second-order valence-corrected chi connectivity index (χ2v) is 4.94. The minimum atomic E-state index is 0.445. The van der Waals surface area contributed by atoms with E-state index in [0.717, 1.165) is 22.2 Å². The summed E-state index contributed by atoms with van der Waals surface area (Å²) in [6.07, 6.45) is 1.58. The fourth-order valence-electron chi connectivity index (χ4n) is 2.16. The standard InChI is InChI=1S/C16H16N4/c1-20(2)13-6-3-11(4-7-13)12-5-8-14-15(9-12)18-10-16(17)19-14/h3-10H,1-2H3,(H2,17,19). The van der Waals surface area contributed by atoms with E-state index >= 15 is 0 Å². The molecule has 0 spiro atoms. The van der Waals surface area contributed by atoms with E-state index in [1.165, 1.54) is 5.69 Å². The summed E-state index contributed by atoms with van der Waals surface area (Å²) in [7, 11) is 4.07. The van der Waals surface area contributed by atoms with Crippen molar-refractivity contribution in [3.8, 4) is 11.1 Å². The maximum absolute atomic E-state index is 5.64. The lowest BCUT2D eigenvalue weighted by Gasteiger charge is -2.12. The van der Waals surface area contributed by atoms with E-state index in [9.17, 15) is 0 Å². The van der Waals surface area contributed by atoms with Crippen molar-refractivity contribution in [2.75, 3.05) is 24.7 Å². The molecule has 0 saturated carbocycles. The number of nitrogens with zero attached hydrogens (tertiary/aromatic N) is 3. The van der Waals surface area contributed by atoms with Gasteiger partial charge in [-0.1, -0.05) is 18.2 Å². The van der Waals surface area contributed by atoms with Gasteiger partial charge in [0.05, 0.1) is 17.2 Å². The first kappa shape index (κ1) is 12.4.